The average Bonchev–Trinajstić information content (AvgIpc) is 3.04. The lowest BCUT2D eigenvalue weighted by molar-refractivity contribution is 0.0957. The van der Waals surface area contributed by atoms with Crippen molar-refractivity contribution in [3.63, 3.8) is 0 Å². The third-order valence-corrected chi connectivity index (χ3v) is 7.59. The molecule has 1 aliphatic rings. The van der Waals surface area contributed by atoms with E-state index in [1.165, 1.54) is 37.0 Å². The van der Waals surface area contributed by atoms with Gasteiger partial charge >= 0.3 is 0 Å². The first kappa shape index (κ1) is 19.1. The molecule has 140 valence electrons. The van der Waals surface area contributed by atoms with E-state index in [0.29, 0.717) is 21.9 Å². The van der Waals surface area contributed by atoms with Gasteiger partial charge < -0.3 is 5.32 Å². The van der Waals surface area contributed by atoms with Gasteiger partial charge in [0.25, 0.3) is 5.91 Å². The number of hydrogen-bond donors (Lipinski definition) is 1. The lowest BCUT2D eigenvalue weighted by Crippen LogP contribution is -2.23. The van der Waals surface area contributed by atoms with Crippen molar-refractivity contribution in [3.05, 3.63) is 40.8 Å². The Morgan fingerprint density at radius 1 is 1.12 bits per heavy atom. The minimum Gasteiger partial charge on any atom is -0.351 e. The zero-order valence-electron chi connectivity index (χ0n) is 15.1. The summed E-state index contributed by atoms with van der Waals surface area (Å²) in [6.45, 7) is 2.87. The van der Waals surface area contributed by atoms with Crippen molar-refractivity contribution in [1.29, 1.82) is 0 Å². The molecule has 1 N–H and O–H groups in total. The van der Waals surface area contributed by atoms with E-state index in [1.807, 2.05) is 12.1 Å². The maximum atomic E-state index is 12.4. The largest absolute Gasteiger partial charge is 0.351 e. The first-order valence-corrected chi connectivity index (χ1v) is 11.7. The summed E-state index contributed by atoms with van der Waals surface area (Å²) < 4.78 is 24.9. The Hall–Kier alpha value is -1.66. The maximum Gasteiger partial charge on any atom is 0.261 e. The molecule has 0 radical (unpaired) electrons. The van der Waals surface area contributed by atoms with Gasteiger partial charge in [0.2, 0.25) is 0 Å². The van der Waals surface area contributed by atoms with Crippen LogP contribution in [0.2, 0.25) is 0 Å². The zero-order chi connectivity index (χ0) is 18.6. The number of amides is 1. The molecule has 0 saturated heterocycles. The van der Waals surface area contributed by atoms with Crippen LogP contribution in [0.4, 0.5) is 0 Å². The number of hydrogen-bond acceptors (Lipinski definition) is 4. The molecule has 0 saturated carbocycles. The highest BCUT2D eigenvalue weighted by Gasteiger charge is 2.30. The Bertz CT molecular complexity index is 884. The van der Waals surface area contributed by atoms with Crippen molar-refractivity contribution in [2.24, 2.45) is 0 Å². The molecule has 0 spiro atoms. The molecule has 1 aliphatic heterocycles. The van der Waals surface area contributed by atoms with Crippen LogP contribution in [0.1, 0.15) is 60.7 Å². The smallest absolute Gasteiger partial charge is 0.261 e. The second-order valence-corrected chi connectivity index (χ2v) is 9.75. The number of nitrogens with one attached hydrogen (secondary N) is 1. The van der Waals surface area contributed by atoms with Gasteiger partial charge in [-0.05, 0) is 24.1 Å². The average molecular weight is 392 g/mol. The molecule has 0 unspecified atom stereocenters. The Balaban J connectivity index is 1.64. The molecule has 1 amide bonds. The lowest BCUT2D eigenvalue weighted by Gasteiger charge is -2.15. The van der Waals surface area contributed by atoms with Gasteiger partial charge in [0.1, 0.15) is 0 Å². The predicted octanol–water partition coefficient (Wildman–Crippen LogP) is 4.79. The van der Waals surface area contributed by atoms with Crippen LogP contribution in [0.3, 0.4) is 0 Å². The van der Waals surface area contributed by atoms with E-state index < -0.39 is 9.84 Å². The van der Waals surface area contributed by atoms with Crippen molar-refractivity contribution >= 4 is 27.1 Å². The van der Waals surface area contributed by atoms with Crippen LogP contribution in [0.25, 0.3) is 10.4 Å². The molecule has 3 rings (SSSR count). The number of benzene rings is 1. The van der Waals surface area contributed by atoms with E-state index in [4.69, 9.17) is 0 Å². The Morgan fingerprint density at radius 2 is 1.85 bits per heavy atom. The number of thiophene rings is 1. The third kappa shape index (κ3) is 4.18. The summed E-state index contributed by atoms with van der Waals surface area (Å²) in [7, 11) is -3.32. The number of unbranched alkanes of at least 4 members (excludes halogenated alkanes) is 5. The molecular weight excluding hydrogens is 366 g/mol. The van der Waals surface area contributed by atoms with Gasteiger partial charge in [-0.1, -0.05) is 57.2 Å². The molecule has 2 aromatic rings. The maximum absolute atomic E-state index is 12.4. The highest BCUT2D eigenvalue weighted by atomic mass is 32.2. The van der Waals surface area contributed by atoms with Crippen LogP contribution < -0.4 is 5.32 Å². The van der Waals surface area contributed by atoms with E-state index >= 15 is 0 Å². The molecule has 26 heavy (non-hydrogen) atoms. The summed E-state index contributed by atoms with van der Waals surface area (Å²) in [4.78, 5) is 14.3. The van der Waals surface area contributed by atoms with Crippen LogP contribution in [-0.4, -0.2) is 20.9 Å². The fourth-order valence-corrected chi connectivity index (χ4v) is 6.15. The highest BCUT2D eigenvalue weighted by Crippen LogP contribution is 2.42. The van der Waals surface area contributed by atoms with Crippen LogP contribution in [0, 0.1) is 0 Å². The predicted molar refractivity (Wildman–Crippen MR) is 106 cm³/mol. The van der Waals surface area contributed by atoms with Gasteiger partial charge in [-0.2, -0.15) is 0 Å². The second kappa shape index (κ2) is 8.35. The molecule has 2 heterocycles. The van der Waals surface area contributed by atoms with Gasteiger partial charge in [0, 0.05) is 17.0 Å². The number of sulfone groups is 1. The van der Waals surface area contributed by atoms with E-state index in [-0.39, 0.29) is 11.7 Å². The minimum absolute atomic E-state index is 0.0272. The molecule has 0 bridgehead atoms. The highest BCUT2D eigenvalue weighted by molar-refractivity contribution is 7.91. The summed E-state index contributed by atoms with van der Waals surface area (Å²) in [6, 6.07) is 8.78. The first-order valence-electron chi connectivity index (χ1n) is 9.26. The van der Waals surface area contributed by atoms with Crippen LogP contribution >= 0.6 is 11.3 Å². The molecule has 0 aliphatic carbocycles. The molecule has 6 heteroatoms. The molecule has 0 atom stereocenters. The summed E-state index contributed by atoms with van der Waals surface area (Å²) in [5, 5.41) is 2.97. The molecular formula is C20H25NO3S2. The summed E-state index contributed by atoms with van der Waals surface area (Å²) in [6.07, 6.45) is 7.10. The van der Waals surface area contributed by atoms with E-state index in [0.717, 1.165) is 23.3 Å². The van der Waals surface area contributed by atoms with Crippen LogP contribution in [0.15, 0.2) is 35.2 Å². The summed E-state index contributed by atoms with van der Waals surface area (Å²) in [5.41, 5.74) is 1.45. The third-order valence-electron chi connectivity index (χ3n) is 4.66. The molecule has 4 nitrogen and oxygen atoms in total. The van der Waals surface area contributed by atoms with E-state index in [9.17, 15) is 13.2 Å². The molecule has 1 aromatic carbocycles. The van der Waals surface area contributed by atoms with Crippen molar-refractivity contribution in [3.8, 4) is 10.4 Å². The van der Waals surface area contributed by atoms with Gasteiger partial charge in [-0.15, -0.1) is 11.3 Å². The van der Waals surface area contributed by atoms with Crippen molar-refractivity contribution in [1.82, 2.24) is 5.32 Å². The standard InChI is InChI=1S/C20H25NO3S2/c1-2-3-4-5-6-9-12-21-20(22)17-13-15-14-26(23,24)18-11-8-7-10-16(18)19(15)25-17/h7-8,10-11,13H,2-6,9,12,14H2,1H3,(H,21,22). The zero-order valence-corrected chi connectivity index (χ0v) is 16.7. The molecule has 0 fully saturated rings. The van der Waals surface area contributed by atoms with Crippen LogP contribution in [-0.2, 0) is 15.6 Å². The van der Waals surface area contributed by atoms with Gasteiger partial charge in [0.15, 0.2) is 9.84 Å². The van der Waals surface area contributed by atoms with Crippen molar-refractivity contribution < 1.29 is 13.2 Å². The normalized spacial score (nSPS) is 14.5. The first-order chi connectivity index (χ1) is 12.5. The molecule has 1 aromatic heterocycles. The Kier molecular flexibility index (Phi) is 6.14. The monoisotopic (exact) mass is 391 g/mol. The lowest BCUT2D eigenvalue weighted by atomic mass is 10.1. The van der Waals surface area contributed by atoms with Crippen molar-refractivity contribution in [2.45, 2.75) is 56.1 Å². The van der Waals surface area contributed by atoms with Gasteiger partial charge in [-0.3, -0.25) is 4.79 Å². The van der Waals surface area contributed by atoms with E-state index in [2.05, 4.69) is 12.2 Å². The fourth-order valence-electron chi connectivity index (χ4n) is 3.28. The van der Waals surface area contributed by atoms with Crippen LogP contribution in [0.5, 0.6) is 0 Å². The fraction of sp³-hybridized carbons (Fsp3) is 0.450. The number of fused-ring (bicyclic) bond motifs is 3. The summed E-state index contributed by atoms with van der Waals surface area (Å²) in [5.74, 6) is -0.131. The van der Waals surface area contributed by atoms with Crippen molar-refractivity contribution in [2.75, 3.05) is 6.54 Å². The second-order valence-electron chi connectivity index (χ2n) is 6.74. The Labute approximate surface area is 159 Å². The van der Waals surface area contributed by atoms with Gasteiger partial charge in [0.05, 0.1) is 15.5 Å². The quantitative estimate of drug-likeness (QED) is 0.658. The Morgan fingerprint density at radius 3 is 2.65 bits per heavy atom. The minimum atomic E-state index is -3.32. The van der Waals surface area contributed by atoms with E-state index in [1.54, 1.807) is 18.2 Å². The van der Waals surface area contributed by atoms with Gasteiger partial charge in [-0.25, -0.2) is 8.42 Å². The number of rotatable bonds is 8. The topological polar surface area (TPSA) is 63.2 Å². The number of carbonyl (C=O) groups is 1. The summed E-state index contributed by atoms with van der Waals surface area (Å²) >= 11 is 1.39. The SMILES string of the molecule is CCCCCCCCNC(=O)c1cc2c(s1)-c1ccccc1S(=O)(=O)C2. The number of carbonyl (C=O) groups excluding carboxylic acids is 1.